The summed E-state index contributed by atoms with van der Waals surface area (Å²) in [6.07, 6.45) is 1.43. The van der Waals surface area contributed by atoms with E-state index >= 15 is 0 Å². The highest BCUT2D eigenvalue weighted by Crippen LogP contribution is 2.43. The average molecular weight is 526 g/mol. The van der Waals surface area contributed by atoms with Crippen LogP contribution in [0.15, 0.2) is 22.8 Å². The van der Waals surface area contributed by atoms with Gasteiger partial charge in [0.2, 0.25) is 0 Å². The maximum absolute atomic E-state index is 13.3. The van der Waals surface area contributed by atoms with Gasteiger partial charge in [-0.15, -0.1) is 22.7 Å². The number of nitrogens with one attached hydrogen (secondary N) is 1. The molecule has 4 aromatic rings. The van der Waals surface area contributed by atoms with E-state index in [2.05, 4.69) is 10.3 Å². The van der Waals surface area contributed by atoms with Gasteiger partial charge in [-0.25, -0.2) is 14.6 Å². The number of nitrogens with two attached hydrogens (primary N) is 2. The molecule has 0 spiro atoms. The smallest absolute Gasteiger partial charge is 0.348 e. The molecule has 11 nitrogen and oxygen atoms in total. The first kappa shape index (κ1) is 24.7. The lowest BCUT2D eigenvalue weighted by atomic mass is 10.0. The number of nitrogen functional groups attached to an aromatic ring is 2. The van der Waals surface area contributed by atoms with Crippen molar-refractivity contribution in [3.05, 3.63) is 44.8 Å². The van der Waals surface area contributed by atoms with Crippen molar-refractivity contribution in [3.63, 3.8) is 0 Å². The lowest BCUT2D eigenvalue weighted by Gasteiger charge is -2.07. The number of hydrogen-bond acceptors (Lipinski definition) is 12. The molecule has 0 atom stereocenters. The van der Waals surface area contributed by atoms with Crippen LogP contribution in [-0.4, -0.2) is 36.5 Å². The molecule has 0 saturated heterocycles. The van der Waals surface area contributed by atoms with Gasteiger partial charge in [-0.1, -0.05) is 0 Å². The summed E-state index contributed by atoms with van der Waals surface area (Å²) in [5, 5.41) is 12.8. The summed E-state index contributed by atoms with van der Waals surface area (Å²) in [4.78, 5) is 42.9. The Morgan fingerprint density at radius 3 is 2.58 bits per heavy atom. The van der Waals surface area contributed by atoms with Crippen LogP contribution >= 0.6 is 22.7 Å². The number of rotatable bonds is 6. The van der Waals surface area contributed by atoms with Crippen LogP contribution in [0.2, 0.25) is 0 Å². The second-order valence-corrected chi connectivity index (χ2v) is 9.31. The number of carbonyl (C=O) groups is 3. The maximum Gasteiger partial charge on any atom is 0.348 e. The van der Waals surface area contributed by atoms with Crippen molar-refractivity contribution < 1.29 is 28.3 Å². The Morgan fingerprint density at radius 2 is 1.97 bits per heavy atom. The largest absolute Gasteiger partial charge is 0.465 e. The molecule has 184 valence electrons. The van der Waals surface area contributed by atoms with Crippen LogP contribution in [0.4, 0.5) is 16.5 Å². The number of pyridine rings is 1. The fourth-order valence-electron chi connectivity index (χ4n) is 3.62. The topological polar surface area (TPSA) is 184 Å². The van der Waals surface area contributed by atoms with E-state index in [1.54, 1.807) is 26.0 Å². The van der Waals surface area contributed by atoms with Gasteiger partial charge in [0.15, 0.2) is 0 Å². The summed E-state index contributed by atoms with van der Waals surface area (Å²) in [6.45, 7) is 3.36. The summed E-state index contributed by atoms with van der Waals surface area (Å²) in [5.41, 5.74) is 13.2. The van der Waals surface area contributed by atoms with E-state index in [1.807, 2.05) is 6.07 Å². The van der Waals surface area contributed by atoms with E-state index < -0.39 is 17.8 Å². The highest BCUT2D eigenvalue weighted by molar-refractivity contribution is 7.22. The minimum atomic E-state index is -0.730. The van der Waals surface area contributed by atoms with Crippen molar-refractivity contribution in [1.29, 1.82) is 5.26 Å². The Hall–Kier alpha value is -4.41. The van der Waals surface area contributed by atoms with Gasteiger partial charge >= 0.3 is 11.9 Å². The van der Waals surface area contributed by atoms with Crippen LogP contribution in [0.1, 0.15) is 47.8 Å². The molecule has 4 rings (SSSR count). The Bertz CT molecular complexity index is 1560. The van der Waals surface area contributed by atoms with Gasteiger partial charge in [0, 0.05) is 5.39 Å². The zero-order chi connectivity index (χ0) is 26.1. The predicted molar refractivity (Wildman–Crippen MR) is 135 cm³/mol. The number of anilines is 3. The van der Waals surface area contributed by atoms with Crippen molar-refractivity contribution in [2.75, 3.05) is 30.5 Å². The Balaban J connectivity index is 1.83. The molecular formula is C23H19N5O6S2. The molecular weight excluding hydrogens is 506 g/mol. The lowest BCUT2D eigenvalue weighted by Crippen LogP contribution is -2.14. The first-order valence-electron chi connectivity index (χ1n) is 10.4. The molecule has 0 bridgehead atoms. The van der Waals surface area contributed by atoms with E-state index in [0.29, 0.717) is 27.1 Å². The predicted octanol–water partition coefficient (Wildman–Crippen LogP) is 4.18. The summed E-state index contributed by atoms with van der Waals surface area (Å²) < 4.78 is 15.4. The zero-order valence-corrected chi connectivity index (χ0v) is 20.9. The Labute approximate surface area is 212 Å². The number of ether oxygens (including phenoxy) is 2. The monoisotopic (exact) mass is 525 g/mol. The van der Waals surface area contributed by atoms with Crippen molar-refractivity contribution in [1.82, 2.24) is 4.98 Å². The standard InChI is InChI=1S/C23H19N5O6S2/c1-4-33-23(31)16-9(2)12(22(30)32-3)20(35-16)28-19(29)17-15(25)14-13(11-6-5-7-34-11)10(8-24)18(26)27-21(14)36-17/h5-7H,4,25H2,1-3H3,(H2,26,27)(H,28,29). The van der Waals surface area contributed by atoms with Crippen LogP contribution in [0, 0.1) is 18.3 Å². The second kappa shape index (κ2) is 9.68. The number of methoxy groups -OCH3 is 1. The number of aromatic nitrogens is 1. The van der Waals surface area contributed by atoms with Crippen molar-refractivity contribution in [2.24, 2.45) is 0 Å². The molecule has 0 aromatic carbocycles. The molecule has 36 heavy (non-hydrogen) atoms. The molecule has 0 radical (unpaired) electrons. The van der Waals surface area contributed by atoms with Crippen LogP contribution in [0.3, 0.4) is 0 Å². The lowest BCUT2D eigenvalue weighted by molar-refractivity contribution is 0.0531. The molecule has 0 aliphatic carbocycles. The minimum Gasteiger partial charge on any atom is -0.465 e. The number of esters is 2. The molecule has 4 aromatic heterocycles. The SMILES string of the molecule is CCOC(=O)c1sc(NC(=O)c2sc3nc(N)c(C#N)c(-c4ccco4)c3c2N)c(C(=O)OC)c1C. The van der Waals surface area contributed by atoms with Gasteiger partial charge in [-0.2, -0.15) is 5.26 Å². The molecule has 1 amide bonds. The molecule has 13 heteroatoms. The first-order chi connectivity index (χ1) is 17.2. The average Bonchev–Trinajstić information content (AvgIpc) is 3.56. The van der Waals surface area contributed by atoms with Gasteiger partial charge in [-0.3, -0.25) is 4.79 Å². The van der Waals surface area contributed by atoms with Crippen LogP contribution in [0.25, 0.3) is 21.5 Å². The van der Waals surface area contributed by atoms with Crippen LogP contribution in [0.5, 0.6) is 0 Å². The van der Waals surface area contributed by atoms with Crippen LogP contribution in [-0.2, 0) is 9.47 Å². The molecule has 0 aliphatic rings. The zero-order valence-electron chi connectivity index (χ0n) is 19.3. The molecule has 0 fully saturated rings. The molecule has 5 N–H and O–H groups in total. The summed E-state index contributed by atoms with van der Waals surface area (Å²) in [6, 6.07) is 5.29. The molecule has 4 heterocycles. The third-order valence-corrected chi connectivity index (χ3v) is 7.50. The van der Waals surface area contributed by atoms with Gasteiger partial charge in [0.05, 0.1) is 36.8 Å². The summed E-state index contributed by atoms with van der Waals surface area (Å²) in [7, 11) is 1.19. The van der Waals surface area contributed by atoms with E-state index in [0.717, 1.165) is 22.7 Å². The molecule has 0 saturated carbocycles. The highest BCUT2D eigenvalue weighted by Gasteiger charge is 2.29. The maximum atomic E-state index is 13.3. The fraction of sp³-hybridized carbons (Fsp3) is 0.174. The van der Waals surface area contributed by atoms with Gasteiger partial charge in [-0.05, 0) is 31.5 Å². The number of nitriles is 1. The Kier molecular flexibility index (Phi) is 6.65. The van der Waals surface area contributed by atoms with Crippen LogP contribution < -0.4 is 16.8 Å². The number of fused-ring (bicyclic) bond motifs is 1. The first-order valence-corrected chi connectivity index (χ1v) is 12.0. The third-order valence-electron chi connectivity index (χ3n) is 5.21. The van der Waals surface area contributed by atoms with Crippen molar-refractivity contribution in [2.45, 2.75) is 13.8 Å². The van der Waals surface area contributed by atoms with Crippen molar-refractivity contribution >= 4 is 67.2 Å². The van der Waals surface area contributed by atoms with E-state index in [1.165, 1.54) is 13.4 Å². The van der Waals surface area contributed by atoms with E-state index in [4.69, 9.17) is 25.4 Å². The highest BCUT2D eigenvalue weighted by atomic mass is 32.1. The third kappa shape index (κ3) is 4.02. The van der Waals surface area contributed by atoms with Gasteiger partial charge < -0.3 is 30.7 Å². The van der Waals surface area contributed by atoms with Gasteiger partial charge in [0.1, 0.15) is 42.8 Å². The molecule has 0 unspecified atom stereocenters. The summed E-state index contributed by atoms with van der Waals surface area (Å²) >= 11 is 1.85. The second-order valence-electron chi connectivity index (χ2n) is 7.29. The summed E-state index contributed by atoms with van der Waals surface area (Å²) in [5.74, 6) is -1.71. The quantitative estimate of drug-likeness (QED) is 0.309. The Morgan fingerprint density at radius 1 is 1.22 bits per heavy atom. The van der Waals surface area contributed by atoms with E-state index in [9.17, 15) is 19.6 Å². The van der Waals surface area contributed by atoms with Gasteiger partial charge in [0.25, 0.3) is 5.91 Å². The minimum absolute atomic E-state index is 0.0315. The van der Waals surface area contributed by atoms with E-state index in [-0.39, 0.29) is 44.0 Å². The number of furan rings is 1. The number of thiophene rings is 2. The van der Waals surface area contributed by atoms with Crippen molar-refractivity contribution in [3.8, 4) is 17.4 Å². The normalized spacial score (nSPS) is 10.7. The number of nitrogens with zero attached hydrogens (tertiary/aromatic N) is 2. The number of hydrogen-bond donors (Lipinski definition) is 3. The molecule has 0 aliphatic heterocycles. The fourth-order valence-corrected chi connectivity index (χ4v) is 5.71. The number of carbonyl (C=O) groups excluding carboxylic acids is 3. The number of amides is 1.